The van der Waals surface area contributed by atoms with E-state index in [1.165, 1.54) is 0 Å². The topological polar surface area (TPSA) is 76.7 Å². The maximum atomic E-state index is 12.6. The first-order chi connectivity index (χ1) is 13.0. The molecule has 0 bridgehead atoms. The number of ether oxygens (including phenoxy) is 2. The van der Waals surface area contributed by atoms with Crippen LogP contribution < -0.4 is 15.4 Å². The van der Waals surface area contributed by atoms with Gasteiger partial charge in [-0.3, -0.25) is 9.59 Å². The van der Waals surface area contributed by atoms with Crippen LogP contribution in [0.3, 0.4) is 0 Å². The summed E-state index contributed by atoms with van der Waals surface area (Å²) in [5, 5.41) is 5.73. The van der Waals surface area contributed by atoms with Gasteiger partial charge in [-0.2, -0.15) is 0 Å². The van der Waals surface area contributed by atoms with E-state index in [9.17, 15) is 9.59 Å². The molecule has 0 heterocycles. The number of methoxy groups -OCH3 is 1. The van der Waals surface area contributed by atoms with Crippen molar-refractivity contribution < 1.29 is 19.1 Å². The fourth-order valence-corrected chi connectivity index (χ4v) is 2.36. The molecule has 2 aromatic carbocycles. The van der Waals surface area contributed by atoms with Gasteiger partial charge in [0, 0.05) is 24.4 Å². The highest BCUT2D eigenvalue weighted by molar-refractivity contribution is 6.06. The lowest BCUT2D eigenvalue weighted by molar-refractivity contribution is 0.0938. The smallest absolute Gasteiger partial charge is 0.259 e. The van der Waals surface area contributed by atoms with Gasteiger partial charge in [0.15, 0.2) is 0 Å². The number of amides is 2. The molecule has 27 heavy (non-hydrogen) atoms. The number of hydrogen-bond acceptors (Lipinski definition) is 4. The lowest BCUT2D eigenvalue weighted by Crippen LogP contribution is -2.31. The summed E-state index contributed by atoms with van der Waals surface area (Å²) in [6, 6.07) is 13.9. The molecule has 0 aromatic heterocycles. The van der Waals surface area contributed by atoms with E-state index in [2.05, 4.69) is 10.6 Å². The van der Waals surface area contributed by atoms with Gasteiger partial charge in [-0.15, -0.1) is 0 Å². The Labute approximate surface area is 159 Å². The van der Waals surface area contributed by atoms with Crippen LogP contribution in [0.25, 0.3) is 0 Å². The maximum absolute atomic E-state index is 12.6. The van der Waals surface area contributed by atoms with E-state index in [-0.39, 0.29) is 17.9 Å². The van der Waals surface area contributed by atoms with Crippen molar-refractivity contribution in [1.82, 2.24) is 5.32 Å². The monoisotopic (exact) mass is 370 g/mol. The molecule has 0 radical (unpaired) electrons. The third-order valence-corrected chi connectivity index (χ3v) is 4.05. The zero-order valence-electron chi connectivity index (χ0n) is 16.0. The van der Waals surface area contributed by atoms with Gasteiger partial charge in [-0.1, -0.05) is 25.1 Å². The predicted molar refractivity (Wildman–Crippen MR) is 105 cm³/mol. The highest BCUT2D eigenvalue weighted by Gasteiger charge is 2.14. The Morgan fingerprint density at radius 1 is 1.04 bits per heavy atom. The van der Waals surface area contributed by atoms with Crippen LogP contribution in [0.4, 0.5) is 5.69 Å². The molecule has 144 valence electrons. The molecule has 0 aliphatic carbocycles. The van der Waals surface area contributed by atoms with Gasteiger partial charge < -0.3 is 20.1 Å². The van der Waals surface area contributed by atoms with Crippen molar-refractivity contribution in [3.63, 3.8) is 0 Å². The van der Waals surface area contributed by atoms with Crippen molar-refractivity contribution in [3.8, 4) is 5.75 Å². The number of para-hydroxylation sites is 1. The molecule has 6 heteroatoms. The van der Waals surface area contributed by atoms with Crippen LogP contribution in [0.2, 0.25) is 0 Å². The van der Waals surface area contributed by atoms with Gasteiger partial charge in [-0.25, -0.2) is 0 Å². The molecule has 6 nitrogen and oxygen atoms in total. The Hall–Kier alpha value is -2.86. The van der Waals surface area contributed by atoms with Gasteiger partial charge in [0.2, 0.25) is 0 Å². The second-order valence-electron chi connectivity index (χ2n) is 6.16. The second-order valence-corrected chi connectivity index (χ2v) is 6.16. The zero-order valence-corrected chi connectivity index (χ0v) is 16.0. The minimum Gasteiger partial charge on any atom is -0.490 e. The number of benzene rings is 2. The van der Waals surface area contributed by atoms with Crippen LogP contribution in [0.1, 0.15) is 41.0 Å². The highest BCUT2D eigenvalue weighted by atomic mass is 16.5. The third-order valence-electron chi connectivity index (χ3n) is 4.05. The standard InChI is InChI=1S/C21H26N2O4/c1-4-15(2)22-20(24)16-8-7-9-17(14-16)23-21(25)18-10-5-6-11-19(18)27-13-12-26-3/h5-11,14-15H,4,12-13H2,1-3H3,(H,22,24)(H,23,25)/t15-/m1/s1. The fourth-order valence-electron chi connectivity index (χ4n) is 2.36. The summed E-state index contributed by atoms with van der Waals surface area (Å²) in [4.78, 5) is 24.9. The molecule has 2 amide bonds. The minimum atomic E-state index is -0.303. The Kier molecular flexibility index (Phi) is 7.82. The SMILES string of the molecule is CC[C@@H](C)NC(=O)c1cccc(NC(=O)c2ccccc2OCCOC)c1. The van der Waals surface area contributed by atoms with E-state index in [1.54, 1.807) is 55.6 Å². The molecule has 0 saturated carbocycles. The van der Waals surface area contributed by atoms with E-state index < -0.39 is 0 Å². The number of rotatable bonds is 9. The van der Waals surface area contributed by atoms with Crippen LogP contribution in [-0.2, 0) is 4.74 Å². The van der Waals surface area contributed by atoms with Crippen molar-refractivity contribution in [2.75, 3.05) is 25.6 Å². The average Bonchev–Trinajstić information content (AvgIpc) is 2.68. The second kappa shape index (κ2) is 10.3. The van der Waals surface area contributed by atoms with Gasteiger partial charge in [-0.05, 0) is 43.7 Å². The van der Waals surface area contributed by atoms with E-state index in [0.29, 0.717) is 35.8 Å². The number of anilines is 1. The van der Waals surface area contributed by atoms with Crippen molar-refractivity contribution >= 4 is 17.5 Å². The normalized spacial score (nSPS) is 11.5. The molecule has 2 rings (SSSR count). The van der Waals surface area contributed by atoms with Crippen LogP contribution in [-0.4, -0.2) is 38.2 Å². The zero-order chi connectivity index (χ0) is 19.6. The maximum Gasteiger partial charge on any atom is 0.259 e. The van der Waals surface area contributed by atoms with Crippen LogP contribution >= 0.6 is 0 Å². The summed E-state index contributed by atoms with van der Waals surface area (Å²) in [7, 11) is 1.59. The average molecular weight is 370 g/mol. The molecule has 0 saturated heterocycles. The Morgan fingerprint density at radius 3 is 2.56 bits per heavy atom. The number of nitrogens with one attached hydrogen (secondary N) is 2. The summed E-state index contributed by atoms with van der Waals surface area (Å²) in [6.07, 6.45) is 0.849. The molecule has 0 aliphatic heterocycles. The van der Waals surface area contributed by atoms with Crippen molar-refractivity contribution in [3.05, 3.63) is 59.7 Å². The van der Waals surface area contributed by atoms with Crippen LogP contribution in [0, 0.1) is 0 Å². The molecule has 0 unspecified atom stereocenters. The Bertz CT molecular complexity index is 776. The first kappa shape index (κ1) is 20.5. The third kappa shape index (κ3) is 6.11. The lowest BCUT2D eigenvalue weighted by Gasteiger charge is -2.13. The predicted octanol–water partition coefficient (Wildman–Crippen LogP) is 3.49. The van der Waals surface area contributed by atoms with E-state index in [0.717, 1.165) is 6.42 Å². The molecule has 0 spiro atoms. The number of carbonyl (C=O) groups excluding carboxylic acids is 2. The summed E-state index contributed by atoms with van der Waals surface area (Å²) in [5.74, 6) is 0.0176. The molecule has 1 atom stereocenters. The largest absolute Gasteiger partial charge is 0.490 e. The summed E-state index contributed by atoms with van der Waals surface area (Å²) >= 11 is 0. The number of hydrogen-bond donors (Lipinski definition) is 2. The first-order valence-electron chi connectivity index (χ1n) is 8.98. The van der Waals surface area contributed by atoms with Crippen LogP contribution in [0.15, 0.2) is 48.5 Å². The molecular formula is C21H26N2O4. The van der Waals surface area contributed by atoms with Gasteiger partial charge >= 0.3 is 0 Å². The summed E-state index contributed by atoms with van der Waals surface area (Å²) in [6.45, 7) is 4.74. The summed E-state index contributed by atoms with van der Waals surface area (Å²) < 4.78 is 10.6. The molecule has 2 N–H and O–H groups in total. The van der Waals surface area contributed by atoms with Gasteiger partial charge in [0.1, 0.15) is 12.4 Å². The lowest BCUT2D eigenvalue weighted by atomic mass is 10.1. The van der Waals surface area contributed by atoms with E-state index >= 15 is 0 Å². The quantitative estimate of drug-likeness (QED) is 0.663. The summed E-state index contributed by atoms with van der Waals surface area (Å²) in [5.41, 5.74) is 1.46. The van der Waals surface area contributed by atoms with Crippen molar-refractivity contribution in [1.29, 1.82) is 0 Å². The molecular weight excluding hydrogens is 344 g/mol. The highest BCUT2D eigenvalue weighted by Crippen LogP contribution is 2.20. The van der Waals surface area contributed by atoms with Crippen molar-refractivity contribution in [2.24, 2.45) is 0 Å². The molecule has 2 aromatic rings. The van der Waals surface area contributed by atoms with Gasteiger partial charge in [0.25, 0.3) is 11.8 Å². The molecule has 0 aliphatic rings. The fraction of sp³-hybridized carbons (Fsp3) is 0.333. The van der Waals surface area contributed by atoms with E-state index in [4.69, 9.17) is 9.47 Å². The van der Waals surface area contributed by atoms with E-state index in [1.807, 2.05) is 13.8 Å². The molecule has 0 fully saturated rings. The van der Waals surface area contributed by atoms with Crippen molar-refractivity contribution in [2.45, 2.75) is 26.3 Å². The Morgan fingerprint density at radius 2 is 1.81 bits per heavy atom. The van der Waals surface area contributed by atoms with Gasteiger partial charge in [0.05, 0.1) is 12.2 Å². The first-order valence-corrected chi connectivity index (χ1v) is 8.98. The number of carbonyl (C=O) groups is 2. The Balaban J connectivity index is 2.10. The minimum absolute atomic E-state index is 0.0897. The van der Waals surface area contributed by atoms with Crippen LogP contribution in [0.5, 0.6) is 5.75 Å².